The van der Waals surface area contributed by atoms with Crippen LogP contribution in [0.15, 0.2) is 12.4 Å². The number of aromatic nitrogens is 2. The SMILES string of the molecule is CC(C)CNCCC(C)(O)CCc1cnn(C)c1. The molecule has 1 unspecified atom stereocenters. The van der Waals surface area contributed by atoms with Crippen molar-refractivity contribution >= 4 is 0 Å². The lowest BCUT2D eigenvalue weighted by Crippen LogP contribution is -2.31. The van der Waals surface area contributed by atoms with Crippen LogP contribution >= 0.6 is 0 Å². The van der Waals surface area contributed by atoms with E-state index in [4.69, 9.17) is 0 Å². The smallest absolute Gasteiger partial charge is 0.0635 e. The Bertz CT molecular complexity index is 345. The molecule has 1 atom stereocenters. The molecule has 2 N–H and O–H groups in total. The maximum absolute atomic E-state index is 10.3. The van der Waals surface area contributed by atoms with Crippen LogP contribution in [0.5, 0.6) is 0 Å². The lowest BCUT2D eigenvalue weighted by Gasteiger charge is -2.23. The number of nitrogens with zero attached hydrogens (tertiary/aromatic N) is 2. The number of nitrogens with one attached hydrogen (secondary N) is 1. The fourth-order valence-electron chi connectivity index (χ4n) is 1.89. The molecule has 1 aromatic rings. The van der Waals surface area contributed by atoms with Gasteiger partial charge in [0.15, 0.2) is 0 Å². The number of aliphatic hydroxyl groups is 1. The van der Waals surface area contributed by atoms with Gasteiger partial charge in [-0.1, -0.05) is 13.8 Å². The fourth-order valence-corrected chi connectivity index (χ4v) is 1.89. The molecule has 0 amide bonds. The Morgan fingerprint density at radius 2 is 2.17 bits per heavy atom. The molecular formula is C14H27N3O. The zero-order valence-electron chi connectivity index (χ0n) is 12.1. The van der Waals surface area contributed by atoms with Crippen LogP contribution in [0.3, 0.4) is 0 Å². The third-order valence-electron chi connectivity index (χ3n) is 3.10. The van der Waals surface area contributed by atoms with E-state index in [9.17, 15) is 5.11 Å². The average molecular weight is 253 g/mol. The summed E-state index contributed by atoms with van der Waals surface area (Å²) in [6.07, 6.45) is 6.33. The van der Waals surface area contributed by atoms with Crippen molar-refractivity contribution in [3.05, 3.63) is 18.0 Å². The highest BCUT2D eigenvalue weighted by atomic mass is 16.3. The van der Waals surface area contributed by atoms with Crippen LogP contribution in [-0.2, 0) is 13.5 Å². The van der Waals surface area contributed by atoms with Gasteiger partial charge >= 0.3 is 0 Å². The van der Waals surface area contributed by atoms with Crippen molar-refractivity contribution in [1.82, 2.24) is 15.1 Å². The third kappa shape index (κ3) is 6.17. The molecule has 1 aromatic heterocycles. The molecule has 1 rings (SSSR count). The van der Waals surface area contributed by atoms with E-state index in [1.54, 1.807) is 4.68 Å². The maximum atomic E-state index is 10.3. The van der Waals surface area contributed by atoms with Crippen molar-refractivity contribution in [3.63, 3.8) is 0 Å². The molecule has 0 aromatic carbocycles. The van der Waals surface area contributed by atoms with E-state index in [2.05, 4.69) is 24.3 Å². The number of aryl methyl sites for hydroxylation is 2. The van der Waals surface area contributed by atoms with E-state index in [1.807, 2.05) is 26.4 Å². The minimum atomic E-state index is -0.597. The van der Waals surface area contributed by atoms with Crippen molar-refractivity contribution in [3.8, 4) is 0 Å². The van der Waals surface area contributed by atoms with E-state index >= 15 is 0 Å². The van der Waals surface area contributed by atoms with Gasteiger partial charge < -0.3 is 10.4 Å². The summed E-state index contributed by atoms with van der Waals surface area (Å²) in [7, 11) is 1.91. The number of hydrogen-bond acceptors (Lipinski definition) is 3. The summed E-state index contributed by atoms with van der Waals surface area (Å²) in [5.41, 5.74) is 0.590. The third-order valence-corrected chi connectivity index (χ3v) is 3.10. The zero-order valence-corrected chi connectivity index (χ0v) is 12.1. The van der Waals surface area contributed by atoms with Crippen LogP contribution < -0.4 is 5.32 Å². The number of hydrogen-bond donors (Lipinski definition) is 2. The van der Waals surface area contributed by atoms with E-state index < -0.39 is 5.60 Å². The quantitative estimate of drug-likeness (QED) is 0.694. The zero-order chi connectivity index (χ0) is 13.6. The molecule has 0 aliphatic heterocycles. The van der Waals surface area contributed by atoms with Gasteiger partial charge in [-0.15, -0.1) is 0 Å². The topological polar surface area (TPSA) is 50.1 Å². The monoisotopic (exact) mass is 253 g/mol. The van der Waals surface area contributed by atoms with Crippen LogP contribution in [0.1, 0.15) is 39.2 Å². The van der Waals surface area contributed by atoms with Crippen LogP contribution in [-0.4, -0.2) is 33.6 Å². The molecule has 0 aliphatic carbocycles. The summed E-state index contributed by atoms with van der Waals surface area (Å²) < 4.78 is 1.80. The lowest BCUT2D eigenvalue weighted by molar-refractivity contribution is 0.0424. The molecule has 0 spiro atoms. The predicted molar refractivity (Wildman–Crippen MR) is 74.5 cm³/mol. The Kier molecular flexibility index (Phi) is 5.82. The lowest BCUT2D eigenvalue weighted by atomic mass is 9.94. The predicted octanol–water partition coefficient (Wildman–Crippen LogP) is 1.74. The Labute approximate surface area is 110 Å². The van der Waals surface area contributed by atoms with Crippen molar-refractivity contribution in [2.45, 2.75) is 45.6 Å². The molecular weight excluding hydrogens is 226 g/mol. The molecule has 4 heteroatoms. The minimum absolute atomic E-state index is 0.597. The highest BCUT2D eigenvalue weighted by Crippen LogP contribution is 2.17. The van der Waals surface area contributed by atoms with Gasteiger partial charge in [0.1, 0.15) is 0 Å². The van der Waals surface area contributed by atoms with Gasteiger partial charge in [0.05, 0.1) is 11.8 Å². The van der Waals surface area contributed by atoms with Crippen molar-refractivity contribution in [1.29, 1.82) is 0 Å². The second-order valence-electron chi connectivity index (χ2n) is 5.87. The summed E-state index contributed by atoms with van der Waals surface area (Å²) in [5.74, 6) is 0.658. The molecule has 0 saturated heterocycles. The summed E-state index contributed by atoms with van der Waals surface area (Å²) in [4.78, 5) is 0. The van der Waals surface area contributed by atoms with Crippen LogP contribution in [0.2, 0.25) is 0 Å². The van der Waals surface area contributed by atoms with Crippen molar-refractivity contribution in [2.75, 3.05) is 13.1 Å². The maximum Gasteiger partial charge on any atom is 0.0635 e. The Hall–Kier alpha value is -0.870. The highest BCUT2D eigenvalue weighted by molar-refractivity contribution is 5.04. The number of rotatable bonds is 8. The molecule has 104 valence electrons. The summed E-state index contributed by atoms with van der Waals surface area (Å²) >= 11 is 0. The Balaban J connectivity index is 2.22. The van der Waals surface area contributed by atoms with Gasteiger partial charge in [-0.25, -0.2) is 0 Å². The van der Waals surface area contributed by atoms with Gasteiger partial charge in [0.25, 0.3) is 0 Å². The molecule has 0 fully saturated rings. The Morgan fingerprint density at radius 3 is 2.72 bits per heavy atom. The van der Waals surface area contributed by atoms with Gasteiger partial charge in [-0.3, -0.25) is 4.68 Å². The Morgan fingerprint density at radius 1 is 1.44 bits per heavy atom. The van der Waals surface area contributed by atoms with Gasteiger partial charge in [-0.05, 0) is 50.8 Å². The van der Waals surface area contributed by atoms with E-state index in [1.165, 1.54) is 5.56 Å². The fraction of sp³-hybridized carbons (Fsp3) is 0.786. The molecule has 1 heterocycles. The summed E-state index contributed by atoms with van der Waals surface area (Å²) in [5, 5.41) is 17.8. The van der Waals surface area contributed by atoms with Crippen LogP contribution in [0.4, 0.5) is 0 Å². The van der Waals surface area contributed by atoms with E-state index in [-0.39, 0.29) is 0 Å². The second kappa shape index (κ2) is 6.90. The van der Waals surface area contributed by atoms with Gasteiger partial charge in [-0.2, -0.15) is 5.10 Å². The van der Waals surface area contributed by atoms with Crippen molar-refractivity contribution in [2.24, 2.45) is 13.0 Å². The first-order valence-electron chi connectivity index (χ1n) is 6.80. The van der Waals surface area contributed by atoms with Crippen LogP contribution in [0, 0.1) is 5.92 Å². The first kappa shape index (κ1) is 15.2. The first-order valence-corrected chi connectivity index (χ1v) is 6.80. The minimum Gasteiger partial charge on any atom is -0.390 e. The molecule has 4 nitrogen and oxygen atoms in total. The van der Waals surface area contributed by atoms with E-state index in [0.29, 0.717) is 5.92 Å². The largest absolute Gasteiger partial charge is 0.390 e. The molecule has 18 heavy (non-hydrogen) atoms. The molecule has 0 saturated carbocycles. The van der Waals surface area contributed by atoms with Gasteiger partial charge in [0, 0.05) is 13.2 Å². The second-order valence-corrected chi connectivity index (χ2v) is 5.87. The van der Waals surface area contributed by atoms with Crippen molar-refractivity contribution < 1.29 is 5.11 Å². The molecule has 0 aliphatic rings. The normalized spacial score (nSPS) is 15.0. The first-order chi connectivity index (χ1) is 8.39. The highest BCUT2D eigenvalue weighted by Gasteiger charge is 2.19. The molecule has 0 bridgehead atoms. The molecule has 0 radical (unpaired) electrons. The van der Waals surface area contributed by atoms with E-state index in [0.717, 1.165) is 32.4 Å². The van der Waals surface area contributed by atoms with Gasteiger partial charge in [0.2, 0.25) is 0 Å². The average Bonchev–Trinajstić information content (AvgIpc) is 2.68. The van der Waals surface area contributed by atoms with Crippen LogP contribution in [0.25, 0.3) is 0 Å². The standard InChI is InChI=1S/C14H27N3O/c1-12(2)9-15-8-7-14(3,18)6-5-13-10-16-17(4)11-13/h10-12,15,18H,5-9H2,1-4H3. The summed E-state index contributed by atoms with van der Waals surface area (Å²) in [6, 6.07) is 0. The summed E-state index contributed by atoms with van der Waals surface area (Å²) in [6.45, 7) is 8.18.